The van der Waals surface area contributed by atoms with Gasteiger partial charge in [0.15, 0.2) is 0 Å². The smallest absolute Gasteiger partial charge is 0.123 e. The van der Waals surface area contributed by atoms with Crippen LogP contribution in [0.1, 0.15) is 26.2 Å². The Morgan fingerprint density at radius 1 is 1.45 bits per heavy atom. The fourth-order valence-electron chi connectivity index (χ4n) is 2.00. The molecule has 2 heteroatoms. The summed E-state index contributed by atoms with van der Waals surface area (Å²) < 4.78 is 5.60. The Morgan fingerprint density at radius 2 is 2.00 bits per heavy atom. The van der Waals surface area contributed by atoms with E-state index in [2.05, 4.69) is 25.9 Å². The fourth-order valence-corrected chi connectivity index (χ4v) is 2.00. The van der Waals surface area contributed by atoms with Gasteiger partial charge in [0.05, 0.1) is 0 Å². The van der Waals surface area contributed by atoms with Gasteiger partial charge in [0.2, 0.25) is 0 Å². The van der Waals surface area contributed by atoms with Crippen LogP contribution < -0.4 is 0 Å². The SMILES string of the molecule is CCC(OC)(C1CC1)N(C)C. The van der Waals surface area contributed by atoms with Crippen LogP contribution in [0.25, 0.3) is 0 Å². The quantitative estimate of drug-likeness (QED) is 0.576. The highest BCUT2D eigenvalue weighted by atomic mass is 16.5. The molecule has 1 aliphatic carbocycles. The molecule has 11 heavy (non-hydrogen) atoms. The van der Waals surface area contributed by atoms with Crippen molar-refractivity contribution in [2.75, 3.05) is 21.2 Å². The molecule has 66 valence electrons. The van der Waals surface area contributed by atoms with Crippen LogP contribution in [-0.4, -0.2) is 31.8 Å². The Bertz CT molecular complexity index is 122. The molecule has 0 aromatic rings. The van der Waals surface area contributed by atoms with Crippen LogP contribution >= 0.6 is 0 Å². The van der Waals surface area contributed by atoms with E-state index in [1.807, 2.05) is 7.11 Å². The molecule has 0 aliphatic heterocycles. The first-order valence-electron chi connectivity index (χ1n) is 4.40. The Labute approximate surface area is 69.5 Å². The molecular formula is C9H19NO. The zero-order chi connectivity index (χ0) is 8.48. The number of rotatable bonds is 4. The number of hydrogen-bond donors (Lipinski definition) is 0. The molecule has 0 amide bonds. The zero-order valence-corrected chi connectivity index (χ0v) is 8.05. The van der Waals surface area contributed by atoms with E-state index < -0.39 is 0 Å². The highest BCUT2D eigenvalue weighted by Gasteiger charge is 2.45. The maximum Gasteiger partial charge on any atom is 0.123 e. The van der Waals surface area contributed by atoms with E-state index in [0.29, 0.717) is 0 Å². The molecule has 0 spiro atoms. The molecule has 1 unspecified atom stereocenters. The van der Waals surface area contributed by atoms with Crippen molar-refractivity contribution in [2.24, 2.45) is 5.92 Å². The summed E-state index contributed by atoms with van der Waals surface area (Å²) in [5.41, 5.74) is 0.0278. The summed E-state index contributed by atoms with van der Waals surface area (Å²) in [5, 5.41) is 0. The summed E-state index contributed by atoms with van der Waals surface area (Å²) in [6.07, 6.45) is 3.75. The molecule has 2 nitrogen and oxygen atoms in total. The molecule has 1 aliphatic rings. The summed E-state index contributed by atoms with van der Waals surface area (Å²) in [6, 6.07) is 0. The lowest BCUT2D eigenvalue weighted by molar-refractivity contribution is -0.133. The normalized spacial score (nSPS) is 23.7. The van der Waals surface area contributed by atoms with Gasteiger partial charge in [0.25, 0.3) is 0 Å². The molecule has 0 heterocycles. The Hall–Kier alpha value is -0.0800. The molecule has 1 atom stereocenters. The number of hydrogen-bond acceptors (Lipinski definition) is 2. The molecule has 1 rings (SSSR count). The van der Waals surface area contributed by atoms with E-state index >= 15 is 0 Å². The standard InChI is InChI=1S/C9H19NO/c1-5-9(11-4,10(2)3)8-6-7-8/h8H,5-7H2,1-4H3. The predicted molar refractivity (Wildman–Crippen MR) is 46.4 cm³/mol. The largest absolute Gasteiger partial charge is 0.363 e. The van der Waals surface area contributed by atoms with Gasteiger partial charge >= 0.3 is 0 Å². The first kappa shape index (κ1) is 9.01. The van der Waals surface area contributed by atoms with Gasteiger partial charge in [-0.25, -0.2) is 0 Å². The van der Waals surface area contributed by atoms with Gasteiger partial charge in [-0.2, -0.15) is 0 Å². The zero-order valence-electron chi connectivity index (χ0n) is 8.05. The maximum atomic E-state index is 5.60. The minimum absolute atomic E-state index is 0.0278. The van der Waals surface area contributed by atoms with Gasteiger partial charge < -0.3 is 4.74 Å². The third kappa shape index (κ3) is 1.42. The summed E-state index contributed by atoms with van der Waals surface area (Å²) in [5.74, 6) is 0.771. The summed E-state index contributed by atoms with van der Waals surface area (Å²) in [4.78, 5) is 2.21. The van der Waals surface area contributed by atoms with E-state index in [1.165, 1.54) is 12.8 Å². The summed E-state index contributed by atoms with van der Waals surface area (Å²) >= 11 is 0. The second kappa shape index (κ2) is 3.11. The summed E-state index contributed by atoms with van der Waals surface area (Å²) in [7, 11) is 6.03. The van der Waals surface area contributed by atoms with Crippen molar-refractivity contribution < 1.29 is 4.74 Å². The van der Waals surface area contributed by atoms with E-state index in [0.717, 1.165) is 12.3 Å². The van der Waals surface area contributed by atoms with Gasteiger partial charge in [-0.15, -0.1) is 0 Å². The van der Waals surface area contributed by atoms with E-state index in [1.54, 1.807) is 0 Å². The average molecular weight is 157 g/mol. The molecule has 0 aromatic heterocycles. The minimum atomic E-state index is 0.0278. The molecule has 0 bridgehead atoms. The molecule has 0 N–H and O–H groups in total. The molecule has 1 fully saturated rings. The minimum Gasteiger partial charge on any atom is -0.363 e. The second-order valence-electron chi connectivity index (χ2n) is 3.57. The van der Waals surface area contributed by atoms with Crippen LogP contribution in [0.4, 0.5) is 0 Å². The first-order valence-corrected chi connectivity index (χ1v) is 4.40. The molecular weight excluding hydrogens is 138 g/mol. The monoisotopic (exact) mass is 157 g/mol. The van der Waals surface area contributed by atoms with Gasteiger partial charge in [-0.05, 0) is 33.4 Å². The van der Waals surface area contributed by atoms with E-state index in [-0.39, 0.29) is 5.72 Å². The van der Waals surface area contributed by atoms with Crippen molar-refractivity contribution in [3.8, 4) is 0 Å². The van der Waals surface area contributed by atoms with Crippen LogP contribution in [0.5, 0.6) is 0 Å². The molecule has 1 saturated carbocycles. The third-order valence-corrected chi connectivity index (χ3v) is 2.83. The lowest BCUT2D eigenvalue weighted by atomic mass is 10.0. The number of nitrogens with zero attached hydrogens (tertiary/aromatic N) is 1. The van der Waals surface area contributed by atoms with Crippen molar-refractivity contribution >= 4 is 0 Å². The van der Waals surface area contributed by atoms with Crippen LogP contribution in [0.2, 0.25) is 0 Å². The lowest BCUT2D eigenvalue weighted by Gasteiger charge is -2.38. The molecule has 0 saturated heterocycles. The Kier molecular flexibility index (Phi) is 2.55. The topological polar surface area (TPSA) is 12.5 Å². The number of methoxy groups -OCH3 is 1. The van der Waals surface area contributed by atoms with Crippen molar-refractivity contribution in [1.29, 1.82) is 0 Å². The van der Waals surface area contributed by atoms with Crippen molar-refractivity contribution in [2.45, 2.75) is 31.9 Å². The first-order chi connectivity index (χ1) is 5.17. The van der Waals surface area contributed by atoms with Gasteiger partial charge in [0.1, 0.15) is 5.72 Å². The fraction of sp³-hybridized carbons (Fsp3) is 1.00. The second-order valence-corrected chi connectivity index (χ2v) is 3.57. The van der Waals surface area contributed by atoms with E-state index in [9.17, 15) is 0 Å². The van der Waals surface area contributed by atoms with Crippen molar-refractivity contribution in [3.63, 3.8) is 0 Å². The Morgan fingerprint density at radius 3 is 2.09 bits per heavy atom. The third-order valence-electron chi connectivity index (χ3n) is 2.83. The lowest BCUT2D eigenvalue weighted by Crippen LogP contribution is -2.47. The molecule has 0 aromatic carbocycles. The average Bonchev–Trinajstić information content (AvgIpc) is 2.74. The highest BCUT2D eigenvalue weighted by molar-refractivity contribution is 4.92. The van der Waals surface area contributed by atoms with Crippen LogP contribution in [-0.2, 0) is 4.74 Å². The van der Waals surface area contributed by atoms with Crippen LogP contribution in [0.3, 0.4) is 0 Å². The van der Waals surface area contributed by atoms with Crippen LogP contribution in [0, 0.1) is 5.92 Å². The van der Waals surface area contributed by atoms with Gasteiger partial charge in [0, 0.05) is 13.0 Å². The van der Waals surface area contributed by atoms with Crippen LogP contribution in [0.15, 0.2) is 0 Å². The van der Waals surface area contributed by atoms with E-state index in [4.69, 9.17) is 4.74 Å². The predicted octanol–water partition coefficient (Wildman–Crippen LogP) is 1.71. The van der Waals surface area contributed by atoms with Gasteiger partial charge in [-0.3, -0.25) is 4.90 Å². The highest BCUT2D eigenvalue weighted by Crippen LogP contribution is 2.44. The maximum absolute atomic E-state index is 5.60. The number of ether oxygens (including phenoxy) is 1. The van der Waals surface area contributed by atoms with Crippen molar-refractivity contribution in [3.05, 3.63) is 0 Å². The van der Waals surface area contributed by atoms with Gasteiger partial charge in [-0.1, -0.05) is 6.92 Å². The molecule has 0 radical (unpaired) electrons. The Balaban J connectivity index is 2.65. The summed E-state index contributed by atoms with van der Waals surface area (Å²) in [6.45, 7) is 2.20. The van der Waals surface area contributed by atoms with Crippen molar-refractivity contribution in [1.82, 2.24) is 4.90 Å².